The number of hydrogen-bond acceptors (Lipinski definition) is 5. The van der Waals surface area contributed by atoms with E-state index >= 15 is 0 Å². The number of anilines is 1. The fourth-order valence-corrected chi connectivity index (χ4v) is 3.72. The van der Waals surface area contributed by atoms with E-state index in [2.05, 4.69) is 46.9 Å². The molecule has 1 saturated heterocycles. The Morgan fingerprint density at radius 1 is 1.00 bits per heavy atom. The average molecular weight is 390 g/mol. The van der Waals surface area contributed by atoms with Crippen molar-refractivity contribution < 1.29 is 9.53 Å². The molecule has 0 aliphatic carbocycles. The average Bonchev–Trinajstić information content (AvgIpc) is 2.75. The van der Waals surface area contributed by atoms with Gasteiger partial charge in [-0.05, 0) is 50.1 Å². The number of piperazine rings is 1. The zero-order valence-corrected chi connectivity index (χ0v) is 17.2. The predicted molar refractivity (Wildman–Crippen MR) is 115 cm³/mol. The summed E-state index contributed by atoms with van der Waals surface area (Å²) in [5.74, 6) is 0.195. The molecular weight excluding hydrogens is 364 g/mol. The molecule has 0 spiro atoms. The predicted octanol–water partition coefficient (Wildman–Crippen LogP) is 3.61. The van der Waals surface area contributed by atoms with E-state index in [1.165, 1.54) is 16.8 Å². The molecule has 0 N–H and O–H groups in total. The number of ether oxygens (including phenoxy) is 1. The van der Waals surface area contributed by atoms with Crippen LogP contribution in [0.2, 0.25) is 0 Å². The summed E-state index contributed by atoms with van der Waals surface area (Å²) in [7, 11) is 0. The summed E-state index contributed by atoms with van der Waals surface area (Å²) >= 11 is 0. The Bertz CT molecular complexity index is 1040. The van der Waals surface area contributed by atoms with E-state index in [1.807, 2.05) is 36.1 Å². The number of aryl methyl sites for hydroxylation is 2. The van der Waals surface area contributed by atoms with Crippen molar-refractivity contribution in [2.75, 3.05) is 37.7 Å². The third kappa shape index (κ3) is 3.88. The van der Waals surface area contributed by atoms with Gasteiger partial charge in [0.1, 0.15) is 0 Å². The highest BCUT2D eigenvalue weighted by Crippen LogP contribution is 2.25. The quantitative estimate of drug-likeness (QED) is 0.681. The van der Waals surface area contributed by atoms with Gasteiger partial charge >= 0.3 is 0 Å². The van der Waals surface area contributed by atoms with Gasteiger partial charge in [0, 0.05) is 31.9 Å². The van der Waals surface area contributed by atoms with Gasteiger partial charge in [-0.25, -0.2) is 9.97 Å². The van der Waals surface area contributed by atoms with Crippen molar-refractivity contribution in [3.63, 3.8) is 0 Å². The van der Waals surface area contributed by atoms with Crippen molar-refractivity contribution in [1.29, 1.82) is 0 Å². The summed E-state index contributed by atoms with van der Waals surface area (Å²) in [5.41, 5.74) is 5.48. The van der Waals surface area contributed by atoms with Crippen LogP contribution in [-0.2, 0) is 0 Å². The molecule has 1 aliphatic heterocycles. The third-order valence-electron chi connectivity index (χ3n) is 5.29. The number of nitrogens with zero attached hydrogens (tertiary/aromatic N) is 4. The van der Waals surface area contributed by atoms with Crippen LogP contribution in [0.3, 0.4) is 0 Å². The zero-order chi connectivity index (χ0) is 20.4. The minimum absolute atomic E-state index is 0.118. The van der Waals surface area contributed by atoms with Crippen molar-refractivity contribution in [1.82, 2.24) is 14.9 Å². The topological polar surface area (TPSA) is 58.6 Å². The number of amides is 1. The highest BCUT2D eigenvalue weighted by molar-refractivity contribution is 5.96. The number of fused-ring (bicyclic) bond motifs is 1. The van der Waals surface area contributed by atoms with Crippen LogP contribution in [0.25, 0.3) is 11.0 Å². The molecule has 6 heteroatoms. The van der Waals surface area contributed by atoms with Crippen LogP contribution in [0.15, 0.2) is 42.5 Å². The molecule has 1 aromatic heterocycles. The molecule has 1 amide bonds. The molecule has 0 radical (unpaired) electrons. The van der Waals surface area contributed by atoms with E-state index < -0.39 is 0 Å². The lowest BCUT2D eigenvalue weighted by atomic mass is 10.1. The molecule has 6 nitrogen and oxygen atoms in total. The number of aromatic nitrogens is 2. The molecule has 1 fully saturated rings. The molecule has 0 bridgehead atoms. The Balaban J connectivity index is 1.55. The molecule has 3 aromatic rings. The van der Waals surface area contributed by atoms with Crippen LogP contribution in [-0.4, -0.2) is 53.6 Å². The minimum Gasteiger partial charge on any atom is -0.476 e. The van der Waals surface area contributed by atoms with Crippen LogP contribution in [0.1, 0.15) is 28.5 Å². The van der Waals surface area contributed by atoms with Gasteiger partial charge in [0.15, 0.2) is 5.69 Å². The summed E-state index contributed by atoms with van der Waals surface area (Å²) in [4.78, 5) is 26.5. The fourth-order valence-electron chi connectivity index (χ4n) is 3.72. The van der Waals surface area contributed by atoms with Crippen molar-refractivity contribution >= 4 is 22.6 Å². The lowest BCUT2D eigenvalue weighted by Gasteiger charge is -2.36. The lowest BCUT2D eigenvalue weighted by molar-refractivity contribution is 0.0735. The first-order valence-electron chi connectivity index (χ1n) is 10.1. The number of carbonyl (C=O) groups is 1. The molecule has 150 valence electrons. The van der Waals surface area contributed by atoms with Gasteiger partial charge in [0.05, 0.1) is 17.6 Å². The first-order chi connectivity index (χ1) is 14.1. The van der Waals surface area contributed by atoms with E-state index in [1.54, 1.807) is 0 Å². The molecule has 1 aliphatic rings. The second kappa shape index (κ2) is 8.07. The summed E-state index contributed by atoms with van der Waals surface area (Å²) in [5, 5.41) is 0. The van der Waals surface area contributed by atoms with Crippen molar-refractivity contribution in [3.05, 3.63) is 59.3 Å². The van der Waals surface area contributed by atoms with Crippen LogP contribution in [0.4, 0.5) is 5.69 Å². The molecule has 2 aromatic carbocycles. The van der Waals surface area contributed by atoms with Crippen LogP contribution < -0.4 is 9.64 Å². The maximum Gasteiger partial charge on any atom is 0.278 e. The largest absolute Gasteiger partial charge is 0.476 e. The van der Waals surface area contributed by atoms with Crippen molar-refractivity contribution in [2.24, 2.45) is 0 Å². The summed E-state index contributed by atoms with van der Waals surface area (Å²) < 4.78 is 5.64. The Morgan fingerprint density at radius 3 is 2.38 bits per heavy atom. The number of benzene rings is 2. The number of rotatable bonds is 4. The Hall–Kier alpha value is -3.15. The van der Waals surface area contributed by atoms with E-state index in [-0.39, 0.29) is 5.91 Å². The Kier molecular flexibility index (Phi) is 5.34. The summed E-state index contributed by atoms with van der Waals surface area (Å²) in [6.07, 6.45) is 0. The van der Waals surface area contributed by atoms with E-state index in [0.717, 1.165) is 18.6 Å². The number of para-hydroxylation sites is 2. The molecule has 0 unspecified atom stereocenters. The second-order valence-corrected chi connectivity index (χ2v) is 7.37. The number of carbonyl (C=O) groups excluding carboxylic acids is 1. The van der Waals surface area contributed by atoms with Crippen LogP contribution in [0.5, 0.6) is 5.88 Å². The zero-order valence-electron chi connectivity index (χ0n) is 17.2. The van der Waals surface area contributed by atoms with Crippen molar-refractivity contribution in [2.45, 2.75) is 20.8 Å². The highest BCUT2D eigenvalue weighted by Gasteiger charge is 2.27. The normalized spacial score (nSPS) is 14.3. The summed E-state index contributed by atoms with van der Waals surface area (Å²) in [6.45, 7) is 9.43. The molecule has 0 saturated carbocycles. The van der Waals surface area contributed by atoms with Crippen LogP contribution in [0, 0.1) is 13.8 Å². The lowest BCUT2D eigenvalue weighted by Crippen LogP contribution is -2.49. The maximum absolute atomic E-state index is 13.2. The highest BCUT2D eigenvalue weighted by atomic mass is 16.5. The van der Waals surface area contributed by atoms with Gasteiger partial charge in [-0.2, -0.15) is 0 Å². The van der Waals surface area contributed by atoms with Gasteiger partial charge in [-0.15, -0.1) is 0 Å². The second-order valence-electron chi connectivity index (χ2n) is 7.37. The minimum atomic E-state index is -0.118. The monoisotopic (exact) mass is 390 g/mol. The van der Waals surface area contributed by atoms with E-state index in [4.69, 9.17) is 4.74 Å². The van der Waals surface area contributed by atoms with E-state index in [0.29, 0.717) is 36.8 Å². The molecule has 0 atom stereocenters. The Labute approximate surface area is 171 Å². The third-order valence-corrected chi connectivity index (χ3v) is 5.29. The van der Waals surface area contributed by atoms with E-state index in [9.17, 15) is 4.79 Å². The van der Waals surface area contributed by atoms with Gasteiger partial charge in [0.25, 0.3) is 5.91 Å². The molecular formula is C23H26N4O2. The fraction of sp³-hybridized carbons (Fsp3) is 0.348. The first-order valence-corrected chi connectivity index (χ1v) is 10.1. The first kappa shape index (κ1) is 19.2. The van der Waals surface area contributed by atoms with Crippen LogP contribution >= 0.6 is 0 Å². The van der Waals surface area contributed by atoms with Gasteiger partial charge in [-0.3, -0.25) is 4.79 Å². The standard InChI is InChI=1S/C23H26N4O2/c1-4-29-22-21(24-18-7-5-6-8-19(18)25-22)23(28)27-13-11-26(12-14-27)20-15-16(2)9-10-17(20)3/h5-10,15H,4,11-14H2,1-3H3. The molecule has 29 heavy (non-hydrogen) atoms. The Morgan fingerprint density at radius 2 is 1.69 bits per heavy atom. The molecule has 2 heterocycles. The smallest absolute Gasteiger partial charge is 0.278 e. The summed E-state index contributed by atoms with van der Waals surface area (Å²) in [6, 6.07) is 14.0. The van der Waals surface area contributed by atoms with Crippen molar-refractivity contribution in [3.8, 4) is 5.88 Å². The maximum atomic E-state index is 13.2. The molecule has 4 rings (SSSR count). The van der Waals surface area contributed by atoms with Gasteiger partial charge < -0.3 is 14.5 Å². The SMILES string of the molecule is CCOc1nc2ccccc2nc1C(=O)N1CCN(c2cc(C)ccc2C)CC1. The van der Waals surface area contributed by atoms with Gasteiger partial charge in [-0.1, -0.05) is 24.3 Å². The van der Waals surface area contributed by atoms with Gasteiger partial charge in [0.2, 0.25) is 5.88 Å². The number of hydrogen-bond donors (Lipinski definition) is 0.